The van der Waals surface area contributed by atoms with E-state index >= 15 is 0 Å². The molecule has 4 aromatic carbocycles. The van der Waals surface area contributed by atoms with Crippen molar-refractivity contribution in [1.82, 2.24) is 0 Å². The first kappa shape index (κ1) is 38.3. The zero-order chi connectivity index (χ0) is 34.7. The maximum atomic E-state index is 6.06. The molecule has 0 amide bonds. The Morgan fingerprint density at radius 2 is 0.510 bits per heavy atom. The van der Waals surface area contributed by atoms with E-state index in [2.05, 4.69) is 118 Å². The van der Waals surface area contributed by atoms with Gasteiger partial charge in [-0.15, -0.1) is 0 Å². The monoisotopic (exact) mass is 659 g/mol. The third-order valence-electron chi connectivity index (χ3n) is 10.7. The highest BCUT2D eigenvalue weighted by Crippen LogP contribution is 2.37. The Labute approximate surface area is 300 Å². The van der Waals surface area contributed by atoms with Gasteiger partial charge in [0.2, 0.25) is 0 Å². The molecular formula is C47H66N2. The lowest BCUT2D eigenvalue weighted by molar-refractivity contribution is 0.551. The van der Waals surface area contributed by atoms with Crippen LogP contribution in [0.15, 0.2) is 97.1 Å². The summed E-state index contributed by atoms with van der Waals surface area (Å²) in [6.07, 6.45) is 21.9. The molecule has 0 heterocycles. The summed E-state index contributed by atoms with van der Waals surface area (Å²) < 4.78 is 0. The van der Waals surface area contributed by atoms with E-state index in [1.807, 2.05) is 0 Å². The summed E-state index contributed by atoms with van der Waals surface area (Å²) >= 11 is 0. The molecule has 4 N–H and O–H groups in total. The first-order valence-corrected chi connectivity index (χ1v) is 19.9. The van der Waals surface area contributed by atoms with Crippen LogP contribution in [-0.4, -0.2) is 0 Å². The van der Waals surface area contributed by atoms with Crippen molar-refractivity contribution in [3.63, 3.8) is 0 Å². The molecule has 0 saturated heterocycles. The predicted octanol–water partition coefficient (Wildman–Crippen LogP) is 13.9. The lowest BCUT2D eigenvalue weighted by Gasteiger charge is -2.23. The highest BCUT2D eigenvalue weighted by Gasteiger charge is 2.19. The lowest BCUT2D eigenvalue weighted by Crippen LogP contribution is -2.06. The summed E-state index contributed by atoms with van der Waals surface area (Å²) in [6.45, 7) is 6.88. The van der Waals surface area contributed by atoms with Gasteiger partial charge in [0.05, 0.1) is 0 Å². The van der Waals surface area contributed by atoms with Crippen LogP contribution in [-0.2, 0) is 0 Å². The van der Waals surface area contributed by atoms with Gasteiger partial charge in [0.15, 0.2) is 0 Å². The minimum absolute atomic E-state index is 0.407. The highest BCUT2D eigenvalue weighted by molar-refractivity contribution is 5.45. The minimum Gasteiger partial charge on any atom is -0.399 e. The van der Waals surface area contributed by atoms with E-state index in [9.17, 15) is 0 Å². The van der Waals surface area contributed by atoms with Crippen LogP contribution >= 0.6 is 0 Å². The largest absolute Gasteiger partial charge is 0.399 e. The predicted molar refractivity (Wildman–Crippen MR) is 216 cm³/mol. The Bertz CT molecular complexity index is 1320. The van der Waals surface area contributed by atoms with Crippen LogP contribution in [0, 0.1) is 0 Å². The quantitative estimate of drug-likeness (QED) is 0.0615. The number of hydrogen-bond acceptors (Lipinski definition) is 2. The molecule has 2 nitrogen and oxygen atoms in total. The van der Waals surface area contributed by atoms with Gasteiger partial charge in [0, 0.05) is 29.1 Å². The standard InChI is InChI=1S/C47H66N2/c1-4-7-10-11-12-13-14-17-20-47(39-25-21-37(22-26-39)45(18-15-8-5-2)41-29-33-43(48)34-30-41)40-27-23-38(24-28-40)46(19-16-9-6-3)42-31-35-44(49)36-32-42/h21-36,45-47H,4-20,48-49H2,1-3H3. The SMILES string of the molecule is CCCCCCCCCCC(c1ccc(C(CCCCC)c2ccc(N)cc2)cc1)c1ccc(C(CCCCC)c2ccc(N)cc2)cc1. The molecule has 2 unspecified atom stereocenters. The Kier molecular flexibility index (Phi) is 16.8. The number of unbranched alkanes of at least 4 members (excludes halogenated alkanes) is 11. The van der Waals surface area contributed by atoms with Gasteiger partial charge >= 0.3 is 0 Å². The Hall–Kier alpha value is -3.52. The maximum absolute atomic E-state index is 6.06. The van der Waals surface area contributed by atoms with Gasteiger partial charge in [-0.05, 0) is 76.9 Å². The number of hydrogen-bond donors (Lipinski definition) is 2. The van der Waals surface area contributed by atoms with Crippen molar-refractivity contribution < 1.29 is 0 Å². The van der Waals surface area contributed by atoms with Crippen LogP contribution in [0.5, 0.6) is 0 Å². The van der Waals surface area contributed by atoms with Gasteiger partial charge in [0.25, 0.3) is 0 Å². The van der Waals surface area contributed by atoms with Gasteiger partial charge in [-0.3, -0.25) is 0 Å². The van der Waals surface area contributed by atoms with Crippen molar-refractivity contribution in [1.29, 1.82) is 0 Å². The molecule has 0 aliphatic carbocycles. The van der Waals surface area contributed by atoms with Crippen molar-refractivity contribution in [3.8, 4) is 0 Å². The molecule has 4 rings (SSSR count). The van der Waals surface area contributed by atoms with Crippen LogP contribution < -0.4 is 11.5 Å². The fraction of sp³-hybridized carbons (Fsp3) is 0.489. The second-order valence-electron chi connectivity index (χ2n) is 14.6. The molecule has 0 spiro atoms. The van der Waals surface area contributed by atoms with Crippen molar-refractivity contribution in [2.24, 2.45) is 0 Å². The van der Waals surface area contributed by atoms with Crippen LogP contribution in [0.3, 0.4) is 0 Å². The topological polar surface area (TPSA) is 52.0 Å². The third kappa shape index (κ3) is 12.4. The first-order chi connectivity index (χ1) is 24.0. The summed E-state index contributed by atoms with van der Waals surface area (Å²) in [5.74, 6) is 1.22. The maximum Gasteiger partial charge on any atom is 0.0314 e. The van der Waals surface area contributed by atoms with Crippen LogP contribution in [0.1, 0.15) is 181 Å². The molecule has 4 aromatic rings. The van der Waals surface area contributed by atoms with Crippen molar-refractivity contribution in [2.75, 3.05) is 11.5 Å². The number of nitrogens with two attached hydrogens (primary N) is 2. The highest BCUT2D eigenvalue weighted by atomic mass is 14.5. The smallest absolute Gasteiger partial charge is 0.0314 e. The number of anilines is 2. The van der Waals surface area contributed by atoms with Gasteiger partial charge in [0.1, 0.15) is 0 Å². The van der Waals surface area contributed by atoms with Crippen molar-refractivity contribution in [3.05, 3.63) is 130 Å². The normalized spacial score (nSPS) is 13.3. The zero-order valence-corrected chi connectivity index (χ0v) is 31.1. The van der Waals surface area contributed by atoms with Crippen LogP contribution in [0.2, 0.25) is 0 Å². The molecule has 0 radical (unpaired) electrons. The van der Waals surface area contributed by atoms with E-state index in [0.717, 1.165) is 11.4 Å². The molecule has 264 valence electrons. The summed E-state index contributed by atoms with van der Waals surface area (Å²) in [7, 11) is 0. The summed E-state index contributed by atoms with van der Waals surface area (Å²) in [5, 5.41) is 0. The first-order valence-electron chi connectivity index (χ1n) is 19.9. The van der Waals surface area contributed by atoms with E-state index < -0.39 is 0 Å². The molecule has 0 fully saturated rings. The van der Waals surface area contributed by atoms with E-state index in [-0.39, 0.29) is 0 Å². The van der Waals surface area contributed by atoms with Gasteiger partial charge in [-0.25, -0.2) is 0 Å². The van der Waals surface area contributed by atoms with E-state index in [1.165, 1.54) is 143 Å². The fourth-order valence-corrected chi connectivity index (χ4v) is 7.63. The molecule has 0 bridgehead atoms. The second kappa shape index (κ2) is 21.5. The Balaban J connectivity index is 1.56. The summed E-state index contributed by atoms with van der Waals surface area (Å²) in [6, 6.07) is 36.6. The lowest BCUT2D eigenvalue weighted by atomic mass is 9.82. The average molecular weight is 659 g/mol. The summed E-state index contributed by atoms with van der Waals surface area (Å²) in [4.78, 5) is 0. The van der Waals surface area contributed by atoms with Crippen molar-refractivity contribution >= 4 is 11.4 Å². The third-order valence-corrected chi connectivity index (χ3v) is 10.7. The minimum atomic E-state index is 0.407. The zero-order valence-electron chi connectivity index (χ0n) is 31.1. The molecule has 0 aliphatic rings. The van der Waals surface area contributed by atoms with Gasteiger partial charge in [-0.1, -0.05) is 183 Å². The molecule has 0 saturated carbocycles. The van der Waals surface area contributed by atoms with E-state index in [0.29, 0.717) is 17.8 Å². The summed E-state index contributed by atoms with van der Waals surface area (Å²) in [5.41, 5.74) is 22.3. The number of benzene rings is 4. The molecule has 49 heavy (non-hydrogen) atoms. The molecular weight excluding hydrogens is 593 g/mol. The Morgan fingerprint density at radius 3 is 0.796 bits per heavy atom. The van der Waals surface area contributed by atoms with Gasteiger partial charge < -0.3 is 11.5 Å². The van der Waals surface area contributed by atoms with E-state index in [4.69, 9.17) is 11.5 Å². The number of nitrogen functional groups attached to an aromatic ring is 2. The van der Waals surface area contributed by atoms with Crippen LogP contribution in [0.4, 0.5) is 11.4 Å². The molecule has 0 aliphatic heterocycles. The van der Waals surface area contributed by atoms with Crippen molar-refractivity contribution in [2.45, 2.75) is 148 Å². The Morgan fingerprint density at radius 1 is 0.306 bits per heavy atom. The molecule has 0 aromatic heterocycles. The van der Waals surface area contributed by atoms with Gasteiger partial charge in [-0.2, -0.15) is 0 Å². The van der Waals surface area contributed by atoms with Crippen LogP contribution in [0.25, 0.3) is 0 Å². The molecule has 2 atom stereocenters. The molecule has 2 heteroatoms. The van der Waals surface area contributed by atoms with E-state index in [1.54, 1.807) is 0 Å². The average Bonchev–Trinajstić information content (AvgIpc) is 3.13. The second-order valence-corrected chi connectivity index (χ2v) is 14.6. The number of rotatable bonds is 23. The fourth-order valence-electron chi connectivity index (χ4n) is 7.63.